The van der Waals surface area contributed by atoms with Crippen LogP contribution in [0.25, 0.3) is 0 Å². The van der Waals surface area contributed by atoms with Crippen molar-refractivity contribution < 1.29 is 8.78 Å². The standard InChI is InChI=1S/C14H11BrClF2N/c1-8(14-11(17)3-2-4-12(14)18)19-13-6-5-9(15)7-10(13)16/h2-8,19H,1H3. The zero-order valence-electron chi connectivity index (χ0n) is 10.1. The molecule has 2 rings (SSSR count). The molecule has 0 heterocycles. The quantitative estimate of drug-likeness (QED) is 0.768. The third-order valence-corrected chi connectivity index (χ3v) is 3.54. The van der Waals surface area contributed by atoms with Gasteiger partial charge in [0.25, 0.3) is 0 Å². The smallest absolute Gasteiger partial charge is 0.131 e. The second kappa shape index (κ2) is 5.88. The van der Waals surface area contributed by atoms with Gasteiger partial charge in [0, 0.05) is 10.0 Å². The lowest BCUT2D eigenvalue weighted by atomic mass is 10.1. The van der Waals surface area contributed by atoms with Crippen molar-refractivity contribution in [2.24, 2.45) is 0 Å². The molecule has 1 unspecified atom stereocenters. The summed E-state index contributed by atoms with van der Waals surface area (Å²) in [7, 11) is 0. The Morgan fingerprint density at radius 1 is 1.16 bits per heavy atom. The number of anilines is 1. The lowest BCUT2D eigenvalue weighted by molar-refractivity contribution is 0.544. The Hall–Kier alpha value is -1.13. The molecule has 2 aromatic carbocycles. The van der Waals surface area contributed by atoms with Crippen LogP contribution in [-0.2, 0) is 0 Å². The molecular weight excluding hydrogens is 336 g/mol. The van der Waals surface area contributed by atoms with Gasteiger partial charge in [-0.15, -0.1) is 0 Å². The predicted octanol–water partition coefficient (Wildman–Crippen LogP) is 5.55. The fourth-order valence-corrected chi connectivity index (χ4v) is 2.56. The third-order valence-electron chi connectivity index (χ3n) is 2.74. The zero-order chi connectivity index (χ0) is 14.0. The molecule has 5 heteroatoms. The number of hydrogen-bond acceptors (Lipinski definition) is 1. The molecule has 0 bridgehead atoms. The minimum Gasteiger partial charge on any atom is -0.377 e. The molecule has 2 aromatic rings. The minimum absolute atomic E-state index is 0.00138. The van der Waals surface area contributed by atoms with Crippen molar-refractivity contribution in [3.05, 3.63) is 63.1 Å². The van der Waals surface area contributed by atoms with Gasteiger partial charge in [-0.25, -0.2) is 8.78 Å². The molecule has 0 aliphatic carbocycles. The predicted molar refractivity (Wildman–Crippen MR) is 77.5 cm³/mol. The summed E-state index contributed by atoms with van der Waals surface area (Å²) < 4.78 is 28.1. The number of benzene rings is 2. The van der Waals surface area contributed by atoms with Gasteiger partial charge in [0.05, 0.1) is 16.8 Å². The zero-order valence-corrected chi connectivity index (χ0v) is 12.4. The van der Waals surface area contributed by atoms with E-state index >= 15 is 0 Å². The van der Waals surface area contributed by atoms with Crippen LogP contribution < -0.4 is 5.32 Å². The van der Waals surface area contributed by atoms with E-state index in [0.717, 1.165) is 4.47 Å². The molecule has 1 N–H and O–H groups in total. The fraction of sp³-hybridized carbons (Fsp3) is 0.143. The van der Waals surface area contributed by atoms with Crippen LogP contribution in [0.15, 0.2) is 40.9 Å². The topological polar surface area (TPSA) is 12.0 Å². The Bertz CT molecular complexity index is 584. The summed E-state index contributed by atoms with van der Waals surface area (Å²) in [6.45, 7) is 1.68. The van der Waals surface area contributed by atoms with Crippen molar-refractivity contribution in [1.82, 2.24) is 0 Å². The van der Waals surface area contributed by atoms with Gasteiger partial charge in [0.15, 0.2) is 0 Å². The Labute approximate surface area is 123 Å². The van der Waals surface area contributed by atoms with E-state index in [1.165, 1.54) is 18.2 Å². The molecule has 0 aliphatic rings. The van der Waals surface area contributed by atoms with Gasteiger partial charge in [0.2, 0.25) is 0 Å². The van der Waals surface area contributed by atoms with E-state index in [4.69, 9.17) is 11.6 Å². The summed E-state index contributed by atoms with van der Waals surface area (Å²) in [6.07, 6.45) is 0. The van der Waals surface area contributed by atoms with E-state index in [1.807, 2.05) is 0 Å². The summed E-state index contributed by atoms with van der Waals surface area (Å²) in [4.78, 5) is 0. The van der Waals surface area contributed by atoms with E-state index in [-0.39, 0.29) is 5.56 Å². The summed E-state index contributed by atoms with van der Waals surface area (Å²) in [5.74, 6) is -1.15. The molecule has 0 fully saturated rings. The van der Waals surface area contributed by atoms with Crippen LogP contribution in [0, 0.1) is 11.6 Å². The highest BCUT2D eigenvalue weighted by Gasteiger charge is 2.16. The molecule has 0 saturated carbocycles. The summed E-state index contributed by atoms with van der Waals surface area (Å²) in [5.41, 5.74) is 0.626. The molecule has 0 aliphatic heterocycles. The molecule has 1 nitrogen and oxygen atoms in total. The van der Waals surface area contributed by atoms with Gasteiger partial charge in [0.1, 0.15) is 11.6 Å². The molecule has 0 amide bonds. The van der Waals surface area contributed by atoms with Crippen LogP contribution in [0.5, 0.6) is 0 Å². The SMILES string of the molecule is CC(Nc1ccc(Br)cc1Cl)c1c(F)cccc1F. The van der Waals surface area contributed by atoms with Crippen LogP contribution in [0.1, 0.15) is 18.5 Å². The van der Waals surface area contributed by atoms with Gasteiger partial charge >= 0.3 is 0 Å². The molecular formula is C14H11BrClF2N. The number of hydrogen-bond donors (Lipinski definition) is 1. The number of rotatable bonds is 3. The fourth-order valence-electron chi connectivity index (χ4n) is 1.84. The van der Waals surface area contributed by atoms with Gasteiger partial charge in [-0.05, 0) is 37.3 Å². The van der Waals surface area contributed by atoms with Crippen molar-refractivity contribution in [1.29, 1.82) is 0 Å². The Kier molecular flexibility index (Phi) is 4.42. The maximum atomic E-state index is 13.6. The summed E-state index contributed by atoms with van der Waals surface area (Å²) >= 11 is 9.36. The van der Waals surface area contributed by atoms with Crippen LogP contribution in [-0.4, -0.2) is 0 Å². The number of halogens is 4. The Balaban J connectivity index is 2.28. The van der Waals surface area contributed by atoms with Crippen LogP contribution >= 0.6 is 27.5 Å². The first-order valence-electron chi connectivity index (χ1n) is 5.64. The maximum Gasteiger partial charge on any atom is 0.131 e. The average Bonchev–Trinajstić information content (AvgIpc) is 2.32. The van der Waals surface area contributed by atoms with Crippen molar-refractivity contribution in [3.63, 3.8) is 0 Å². The molecule has 0 aromatic heterocycles. The van der Waals surface area contributed by atoms with E-state index in [9.17, 15) is 8.78 Å². The van der Waals surface area contributed by atoms with Crippen molar-refractivity contribution in [3.8, 4) is 0 Å². The van der Waals surface area contributed by atoms with Crippen molar-refractivity contribution in [2.75, 3.05) is 5.32 Å². The highest BCUT2D eigenvalue weighted by Crippen LogP contribution is 2.30. The highest BCUT2D eigenvalue weighted by atomic mass is 79.9. The summed E-state index contributed by atoms with van der Waals surface area (Å²) in [5, 5.41) is 3.49. The van der Waals surface area contributed by atoms with Gasteiger partial charge in [-0.2, -0.15) is 0 Å². The molecule has 0 radical (unpaired) electrons. The minimum atomic E-state index is -0.576. The van der Waals surface area contributed by atoms with Gasteiger partial charge in [-0.1, -0.05) is 33.6 Å². The maximum absolute atomic E-state index is 13.6. The lowest BCUT2D eigenvalue weighted by Crippen LogP contribution is -2.11. The normalized spacial score (nSPS) is 12.3. The molecule has 100 valence electrons. The van der Waals surface area contributed by atoms with E-state index < -0.39 is 17.7 Å². The molecule has 19 heavy (non-hydrogen) atoms. The van der Waals surface area contributed by atoms with Crippen LogP contribution in [0.4, 0.5) is 14.5 Å². The number of nitrogens with one attached hydrogen (secondary N) is 1. The monoisotopic (exact) mass is 345 g/mol. The lowest BCUT2D eigenvalue weighted by Gasteiger charge is -2.18. The third kappa shape index (κ3) is 3.25. The summed E-state index contributed by atoms with van der Waals surface area (Å²) in [6, 6.07) is 8.56. The molecule has 0 spiro atoms. The van der Waals surface area contributed by atoms with Crippen LogP contribution in [0.2, 0.25) is 5.02 Å². The van der Waals surface area contributed by atoms with Crippen molar-refractivity contribution >= 4 is 33.2 Å². The first-order chi connectivity index (χ1) is 8.99. The first-order valence-corrected chi connectivity index (χ1v) is 6.81. The van der Waals surface area contributed by atoms with E-state index in [2.05, 4.69) is 21.2 Å². The Morgan fingerprint density at radius 3 is 2.37 bits per heavy atom. The first kappa shape index (κ1) is 14.3. The second-order valence-corrected chi connectivity index (χ2v) is 5.45. The average molecular weight is 347 g/mol. The second-order valence-electron chi connectivity index (χ2n) is 4.13. The van der Waals surface area contributed by atoms with Crippen LogP contribution in [0.3, 0.4) is 0 Å². The van der Waals surface area contributed by atoms with E-state index in [1.54, 1.807) is 25.1 Å². The molecule has 0 saturated heterocycles. The highest BCUT2D eigenvalue weighted by molar-refractivity contribution is 9.10. The van der Waals surface area contributed by atoms with Gasteiger partial charge < -0.3 is 5.32 Å². The van der Waals surface area contributed by atoms with Gasteiger partial charge in [-0.3, -0.25) is 0 Å². The van der Waals surface area contributed by atoms with E-state index in [0.29, 0.717) is 10.7 Å². The molecule has 1 atom stereocenters. The van der Waals surface area contributed by atoms with Crippen molar-refractivity contribution in [2.45, 2.75) is 13.0 Å². The Morgan fingerprint density at radius 2 is 1.79 bits per heavy atom. The largest absolute Gasteiger partial charge is 0.377 e.